The Kier molecular flexibility index (Phi) is 3.44. The van der Waals surface area contributed by atoms with Crippen LogP contribution in [0.3, 0.4) is 0 Å². The first-order chi connectivity index (χ1) is 8.88. The van der Waals surface area contributed by atoms with Gasteiger partial charge in [0.15, 0.2) is 0 Å². The van der Waals surface area contributed by atoms with E-state index in [0.29, 0.717) is 11.3 Å². The highest BCUT2D eigenvalue weighted by Gasteiger charge is 2.18. The molecule has 0 aliphatic carbocycles. The van der Waals surface area contributed by atoms with Gasteiger partial charge in [-0.25, -0.2) is 17.8 Å². The topological polar surface area (TPSA) is 102 Å². The lowest BCUT2D eigenvalue weighted by Gasteiger charge is -2.04. The molecule has 7 nitrogen and oxygen atoms in total. The van der Waals surface area contributed by atoms with E-state index in [1.54, 1.807) is 0 Å². The number of sulfonamides is 1. The first kappa shape index (κ1) is 13.4. The Morgan fingerprint density at radius 3 is 2.47 bits per heavy atom. The lowest BCUT2D eigenvalue weighted by molar-refractivity contribution is -0.380. The van der Waals surface area contributed by atoms with Crippen molar-refractivity contribution in [2.75, 3.05) is 4.72 Å². The predicted molar refractivity (Wildman–Crippen MR) is 66.0 cm³/mol. The Labute approximate surface area is 110 Å². The van der Waals surface area contributed by atoms with Crippen molar-refractivity contribution in [1.82, 2.24) is 4.98 Å². The van der Waals surface area contributed by atoms with Gasteiger partial charge in [-0.2, -0.15) is 0 Å². The molecule has 0 aliphatic rings. The van der Waals surface area contributed by atoms with E-state index in [0.717, 1.165) is 30.5 Å². The average Bonchev–Trinajstić information content (AvgIpc) is 2.77. The molecule has 0 aliphatic heterocycles. The zero-order chi connectivity index (χ0) is 14.0. The van der Waals surface area contributed by atoms with Crippen LogP contribution < -0.4 is 4.72 Å². The summed E-state index contributed by atoms with van der Waals surface area (Å²) in [4.78, 5) is 13.2. The maximum absolute atomic E-state index is 12.7. The van der Waals surface area contributed by atoms with Crippen LogP contribution in [-0.2, 0) is 10.0 Å². The second-order valence-electron chi connectivity index (χ2n) is 3.32. The van der Waals surface area contributed by atoms with E-state index in [-0.39, 0.29) is 15.0 Å². The quantitative estimate of drug-likeness (QED) is 0.687. The van der Waals surface area contributed by atoms with Crippen molar-refractivity contribution in [3.8, 4) is 0 Å². The van der Waals surface area contributed by atoms with Crippen molar-refractivity contribution >= 4 is 31.5 Å². The molecule has 19 heavy (non-hydrogen) atoms. The second-order valence-corrected chi connectivity index (χ2v) is 6.01. The molecular formula is C9H6FN3O4S2. The molecule has 1 N–H and O–H groups in total. The van der Waals surface area contributed by atoms with Gasteiger partial charge in [0.25, 0.3) is 10.0 Å². The van der Waals surface area contributed by atoms with Crippen LogP contribution in [0, 0.1) is 15.9 Å². The molecule has 0 radical (unpaired) electrons. The smallest absolute Gasteiger partial charge is 0.257 e. The monoisotopic (exact) mass is 303 g/mol. The standard InChI is InChI=1S/C9H6FN3O4S2/c10-6-1-3-7(4-2-6)19(16,17)12-9-11-5-8(18-9)13(14)15/h1-5H,(H,11,12). The lowest BCUT2D eigenvalue weighted by Crippen LogP contribution is -2.12. The fourth-order valence-corrected chi connectivity index (χ4v) is 3.06. The Bertz CT molecular complexity index is 711. The van der Waals surface area contributed by atoms with Gasteiger partial charge in [-0.15, -0.1) is 0 Å². The first-order valence-corrected chi connectivity index (χ1v) is 7.07. The largest absolute Gasteiger partial charge is 0.345 e. The number of anilines is 1. The average molecular weight is 303 g/mol. The van der Waals surface area contributed by atoms with Crippen LogP contribution in [0.5, 0.6) is 0 Å². The van der Waals surface area contributed by atoms with Gasteiger partial charge in [0.1, 0.15) is 12.0 Å². The van der Waals surface area contributed by atoms with Crippen molar-refractivity contribution in [2.24, 2.45) is 0 Å². The van der Waals surface area contributed by atoms with E-state index in [1.807, 2.05) is 0 Å². The number of aromatic nitrogens is 1. The minimum atomic E-state index is -3.93. The van der Waals surface area contributed by atoms with Crippen LogP contribution in [0.1, 0.15) is 0 Å². The molecule has 0 saturated carbocycles. The molecule has 0 unspecified atom stereocenters. The highest BCUT2D eigenvalue weighted by Crippen LogP contribution is 2.26. The number of nitrogens with one attached hydrogen (secondary N) is 1. The van der Waals surface area contributed by atoms with E-state index < -0.39 is 20.8 Å². The van der Waals surface area contributed by atoms with Gasteiger partial charge in [0.2, 0.25) is 5.13 Å². The number of nitrogens with zero attached hydrogens (tertiary/aromatic N) is 2. The number of thiazole rings is 1. The molecule has 2 aromatic rings. The third-order valence-electron chi connectivity index (χ3n) is 2.02. The molecule has 0 fully saturated rings. The fraction of sp³-hybridized carbons (Fsp3) is 0. The molecule has 100 valence electrons. The minimum absolute atomic E-state index is 0.129. The molecule has 1 aromatic heterocycles. The summed E-state index contributed by atoms with van der Waals surface area (Å²) in [5.41, 5.74) is 0. The zero-order valence-electron chi connectivity index (χ0n) is 9.11. The summed E-state index contributed by atoms with van der Waals surface area (Å²) < 4.78 is 38.5. The van der Waals surface area contributed by atoms with Crippen LogP contribution in [0.25, 0.3) is 0 Å². The molecule has 0 amide bonds. The highest BCUT2D eigenvalue weighted by molar-refractivity contribution is 7.93. The summed E-state index contributed by atoms with van der Waals surface area (Å²) in [5.74, 6) is -0.566. The fourth-order valence-electron chi connectivity index (χ4n) is 1.18. The van der Waals surface area contributed by atoms with E-state index in [9.17, 15) is 22.9 Å². The molecule has 0 saturated heterocycles. The molecule has 0 spiro atoms. The first-order valence-electron chi connectivity index (χ1n) is 4.77. The zero-order valence-corrected chi connectivity index (χ0v) is 10.7. The Morgan fingerprint density at radius 2 is 1.95 bits per heavy atom. The number of benzene rings is 1. The van der Waals surface area contributed by atoms with Crippen LogP contribution >= 0.6 is 11.3 Å². The maximum atomic E-state index is 12.7. The number of halogens is 1. The SMILES string of the molecule is O=[N+]([O-])c1cnc(NS(=O)(=O)c2ccc(F)cc2)s1. The van der Waals surface area contributed by atoms with Crippen LogP contribution in [0.4, 0.5) is 14.5 Å². The van der Waals surface area contributed by atoms with Gasteiger partial charge < -0.3 is 0 Å². The number of rotatable bonds is 4. The predicted octanol–water partition coefficient (Wildman–Crippen LogP) is 1.99. The van der Waals surface area contributed by atoms with Crippen LogP contribution in [0.2, 0.25) is 0 Å². The number of hydrogen-bond donors (Lipinski definition) is 1. The van der Waals surface area contributed by atoms with Crippen molar-refractivity contribution < 1.29 is 17.7 Å². The molecule has 2 rings (SSSR count). The third kappa shape index (κ3) is 3.03. The van der Waals surface area contributed by atoms with E-state index in [4.69, 9.17) is 0 Å². The van der Waals surface area contributed by atoms with E-state index in [1.165, 1.54) is 0 Å². The molecule has 0 bridgehead atoms. The molecule has 1 heterocycles. The Morgan fingerprint density at radius 1 is 1.32 bits per heavy atom. The van der Waals surface area contributed by atoms with Gasteiger partial charge in [0.05, 0.1) is 9.82 Å². The summed E-state index contributed by atoms with van der Waals surface area (Å²) >= 11 is 0.591. The normalized spacial score (nSPS) is 11.2. The van der Waals surface area contributed by atoms with E-state index >= 15 is 0 Å². The van der Waals surface area contributed by atoms with Crippen LogP contribution in [-0.4, -0.2) is 18.3 Å². The molecule has 0 atom stereocenters. The van der Waals surface area contributed by atoms with Gasteiger partial charge in [-0.1, -0.05) is 0 Å². The summed E-state index contributed by atoms with van der Waals surface area (Å²) in [6.45, 7) is 0. The molecule has 10 heteroatoms. The van der Waals surface area contributed by atoms with E-state index in [2.05, 4.69) is 9.71 Å². The Hall–Kier alpha value is -2.07. The van der Waals surface area contributed by atoms with Gasteiger partial charge in [-0.05, 0) is 35.6 Å². The number of nitro groups is 1. The summed E-state index contributed by atoms with van der Waals surface area (Å²) in [6.07, 6.45) is 0.952. The summed E-state index contributed by atoms with van der Waals surface area (Å²) in [7, 11) is -3.93. The summed E-state index contributed by atoms with van der Waals surface area (Å²) in [5, 5.41) is 10.0. The Balaban J connectivity index is 2.25. The van der Waals surface area contributed by atoms with Crippen molar-refractivity contribution in [3.05, 3.63) is 46.4 Å². The van der Waals surface area contributed by atoms with Gasteiger partial charge in [0, 0.05) is 0 Å². The second kappa shape index (κ2) is 4.90. The maximum Gasteiger partial charge on any atom is 0.345 e. The lowest BCUT2D eigenvalue weighted by atomic mass is 10.4. The van der Waals surface area contributed by atoms with Crippen molar-refractivity contribution in [3.63, 3.8) is 0 Å². The van der Waals surface area contributed by atoms with Gasteiger partial charge in [-0.3, -0.25) is 14.8 Å². The summed E-state index contributed by atoms with van der Waals surface area (Å²) in [6, 6.07) is 4.16. The third-order valence-corrected chi connectivity index (χ3v) is 4.37. The van der Waals surface area contributed by atoms with Crippen molar-refractivity contribution in [2.45, 2.75) is 4.90 Å². The van der Waals surface area contributed by atoms with Crippen molar-refractivity contribution in [1.29, 1.82) is 0 Å². The highest BCUT2D eigenvalue weighted by atomic mass is 32.2. The van der Waals surface area contributed by atoms with Crippen LogP contribution in [0.15, 0.2) is 35.4 Å². The molecular weight excluding hydrogens is 297 g/mol. The van der Waals surface area contributed by atoms with Gasteiger partial charge >= 0.3 is 5.00 Å². The minimum Gasteiger partial charge on any atom is -0.257 e. The molecule has 1 aromatic carbocycles. The number of hydrogen-bond acceptors (Lipinski definition) is 6.